The van der Waals surface area contributed by atoms with Gasteiger partial charge in [0.15, 0.2) is 5.75 Å². The monoisotopic (exact) mass is 505 g/mol. The summed E-state index contributed by atoms with van der Waals surface area (Å²) < 4.78 is 18.4. The lowest BCUT2D eigenvalue weighted by atomic mass is 10.2. The summed E-state index contributed by atoms with van der Waals surface area (Å²) in [5, 5.41) is 5.75. The van der Waals surface area contributed by atoms with Gasteiger partial charge in [-0.2, -0.15) is 0 Å². The Labute approximate surface area is 215 Å². The third-order valence-corrected chi connectivity index (χ3v) is 6.82. The molecule has 2 aromatic heterocycles. The summed E-state index contributed by atoms with van der Waals surface area (Å²) in [5.74, 6) is 2.13. The van der Waals surface area contributed by atoms with E-state index in [1.54, 1.807) is 25.6 Å². The van der Waals surface area contributed by atoms with Crippen LogP contribution in [-0.2, 0) is 6.54 Å². The van der Waals surface area contributed by atoms with E-state index in [-0.39, 0.29) is 0 Å². The maximum Gasteiger partial charge on any atom is 0.412 e. The topological polar surface area (TPSA) is 74.6 Å². The summed E-state index contributed by atoms with van der Waals surface area (Å²) in [7, 11) is 3.31. The number of ether oxygens (including phenoxy) is 3. The average Bonchev–Trinajstić information content (AvgIpc) is 3.50. The number of amides is 1. The molecule has 0 fully saturated rings. The molecule has 36 heavy (non-hydrogen) atoms. The molecule has 7 nitrogen and oxygen atoms in total. The van der Waals surface area contributed by atoms with E-state index in [0.29, 0.717) is 18.8 Å². The van der Waals surface area contributed by atoms with Crippen molar-refractivity contribution in [3.63, 3.8) is 0 Å². The highest BCUT2D eigenvalue weighted by Gasteiger charge is 2.19. The van der Waals surface area contributed by atoms with E-state index in [2.05, 4.69) is 16.8 Å². The molecular formula is C28H31N3O4S. The Hall–Kier alpha value is -3.78. The molecule has 188 valence electrons. The minimum absolute atomic E-state index is 0.447. The summed E-state index contributed by atoms with van der Waals surface area (Å²) in [6.45, 7) is 5.22. The number of thiazole rings is 1. The number of hydrogen-bond donors (Lipinski definition) is 1. The Morgan fingerprint density at radius 2 is 1.69 bits per heavy atom. The molecule has 1 amide bonds. The third-order valence-electron chi connectivity index (χ3n) is 5.93. The maximum absolute atomic E-state index is 12.4. The molecule has 1 N–H and O–H groups in total. The van der Waals surface area contributed by atoms with Crippen molar-refractivity contribution in [1.29, 1.82) is 0 Å². The predicted octanol–water partition coefficient (Wildman–Crippen LogP) is 6.54. The van der Waals surface area contributed by atoms with Crippen molar-refractivity contribution in [1.82, 2.24) is 14.9 Å². The summed E-state index contributed by atoms with van der Waals surface area (Å²) >= 11 is 1.57. The minimum Gasteiger partial charge on any atom is -0.497 e. The molecule has 4 aromatic rings. The van der Waals surface area contributed by atoms with Gasteiger partial charge in [-0.05, 0) is 55.3 Å². The average molecular weight is 506 g/mol. The zero-order chi connectivity index (χ0) is 25.5. The highest BCUT2D eigenvalue weighted by molar-refractivity contribution is 7.13. The van der Waals surface area contributed by atoms with E-state index in [0.717, 1.165) is 57.6 Å². The molecule has 2 aromatic carbocycles. The molecule has 0 aliphatic carbocycles. The Balaban J connectivity index is 1.66. The largest absolute Gasteiger partial charge is 0.497 e. The first-order valence-corrected chi connectivity index (χ1v) is 12.8. The normalized spacial score (nSPS) is 10.8. The van der Waals surface area contributed by atoms with Crippen molar-refractivity contribution in [2.24, 2.45) is 0 Å². The minimum atomic E-state index is -0.447. The van der Waals surface area contributed by atoms with Crippen molar-refractivity contribution in [2.75, 3.05) is 20.8 Å². The molecular weight excluding hydrogens is 474 g/mol. The molecule has 2 heterocycles. The number of unbranched alkanes of at least 4 members (excludes halogenated alkanes) is 1. The van der Waals surface area contributed by atoms with Crippen LogP contribution in [0.1, 0.15) is 31.0 Å². The van der Waals surface area contributed by atoms with Gasteiger partial charge in [-0.3, -0.25) is 0 Å². The van der Waals surface area contributed by atoms with Gasteiger partial charge in [0.05, 0.1) is 31.3 Å². The van der Waals surface area contributed by atoms with Gasteiger partial charge in [0.2, 0.25) is 0 Å². The van der Waals surface area contributed by atoms with Crippen LogP contribution in [0.5, 0.6) is 17.2 Å². The Morgan fingerprint density at radius 1 is 1.03 bits per heavy atom. The molecule has 0 spiro atoms. The van der Waals surface area contributed by atoms with Crippen molar-refractivity contribution in [2.45, 2.75) is 33.2 Å². The van der Waals surface area contributed by atoms with Gasteiger partial charge in [-0.1, -0.05) is 25.5 Å². The van der Waals surface area contributed by atoms with Gasteiger partial charge in [0.25, 0.3) is 0 Å². The lowest BCUT2D eigenvalue weighted by Gasteiger charge is -2.12. The first-order valence-electron chi connectivity index (χ1n) is 11.9. The fraction of sp³-hybridized carbons (Fsp3) is 0.286. The van der Waals surface area contributed by atoms with Gasteiger partial charge < -0.3 is 24.1 Å². The zero-order valence-electron chi connectivity index (χ0n) is 21.0. The molecule has 0 saturated carbocycles. The number of hydrogen-bond acceptors (Lipinski definition) is 6. The Morgan fingerprint density at radius 3 is 2.33 bits per heavy atom. The van der Waals surface area contributed by atoms with E-state index in [1.807, 2.05) is 66.9 Å². The van der Waals surface area contributed by atoms with Crippen molar-refractivity contribution in [3.05, 3.63) is 71.2 Å². The van der Waals surface area contributed by atoms with Gasteiger partial charge in [0, 0.05) is 30.1 Å². The predicted molar refractivity (Wildman–Crippen MR) is 143 cm³/mol. The number of carbonyl (C=O) groups is 1. The second kappa shape index (κ2) is 11.8. The van der Waals surface area contributed by atoms with Crippen LogP contribution in [0.3, 0.4) is 0 Å². The fourth-order valence-corrected chi connectivity index (χ4v) is 4.63. The van der Waals surface area contributed by atoms with Crippen molar-refractivity contribution in [3.8, 4) is 39.2 Å². The zero-order valence-corrected chi connectivity index (χ0v) is 21.9. The van der Waals surface area contributed by atoms with Crippen LogP contribution in [0.25, 0.3) is 22.0 Å². The number of nitrogens with one attached hydrogen (secondary N) is 1. The maximum atomic E-state index is 12.4. The number of carbonyl (C=O) groups excluding carboxylic acids is 1. The first kappa shape index (κ1) is 25.3. The van der Waals surface area contributed by atoms with Gasteiger partial charge in [0.1, 0.15) is 16.5 Å². The number of aromatic nitrogens is 2. The molecule has 0 atom stereocenters. The quantitative estimate of drug-likeness (QED) is 0.248. The molecule has 0 saturated heterocycles. The lowest BCUT2D eigenvalue weighted by molar-refractivity contribution is 0.200. The van der Waals surface area contributed by atoms with Crippen LogP contribution in [0.15, 0.2) is 60.0 Å². The van der Waals surface area contributed by atoms with E-state index >= 15 is 0 Å². The Bertz CT molecular complexity index is 1290. The van der Waals surface area contributed by atoms with Crippen LogP contribution in [-0.4, -0.2) is 36.4 Å². The number of benzene rings is 2. The molecule has 8 heteroatoms. The second-order valence-corrected chi connectivity index (χ2v) is 9.21. The SMILES string of the molecule is CCCCNC(=O)Oc1cc(-c2csc(-c3ccc(OC)cc3)n2)n(Cc2ccc(OC)cc2)c1C. The number of methoxy groups -OCH3 is 2. The highest BCUT2D eigenvalue weighted by Crippen LogP contribution is 2.35. The van der Waals surface area contributed by atoms with Gasteiger partial charge in [-0.25, -0.2) is 9.78 Å². The second-order valence-electron chi connectivity index (χ2n) is 8.35. The molecule has 0 radical (unpaired) electrons. The summed E-state index contributed by atoms with van der Waals surface area (Å²) in [6.07, 6.45) is 1.46. The van der Waals surface area contributed by atoms with Crippen LogP contribution in [0.4, 0.5) is 4.79 Å². The molecule has 4 rings (SSSR count). The molecule has 0 aliphatic rings. The third kappa shape index (κ3) is 5.88. The first-order chi connectivity index (χ1) is 17.5. The van der Waals surface area contributed by atoms with E-state index in [1.165, 1.54) is 0 Å². The standard InChI is InChI=1S/C28H31N3O4S/c1-5-6-15-29-28(32)35-26-16-25(31(19(26)2)17-20-7-11-22(33-3)12-8-20)24-18-36-27(30-24)21-9-13-23(34-4)14-10-21/h7-14,16,18H,5-6,15,17H2,1-4H3,(H,29,32). The van der Waals surface area contributed by atoms with Crippen LogP contribution in [0.2, 0.25) is 0 Å². The molecule has 0 bridgehead atoms. The van der Waals surface area contributed by atoms with Crippen LogP contribution >= 0.6 is 11.3 Å². The van der Waals surface area contributed by atoms with E-state index < -0.39 is 6.09 Å². The van der Waals surface area contributed by atoms with Gasteiger partial charge >= 0.3 is 6.09 Å². The van der Waals surface area contributed by atoms with Crippen molar-refractivity contribution < 1.29 is 19.0 Å². The summed E-state index contributed by atoms with van der Waals surface area (Å²) in [5.41, 5.74) is 4.67. The van der Waals surface area contributed by atoms with Crippen LogP contribution in [0, 0.1) is 6.92 Å². The van der Waals surface area contributed by atoms with E-state index in [9.17, 15) is 4.79 Å². The summed E-state index contributed by atoms with van der Waals surface area (Å²) in [6, 6.07) is 17.7. The van der Waals surface area contributed by atoms with Crippen LogP contribution < -0.4 is 19.5 Å². The summed E-state index contributed by atoms with van der Waals surface area (Å²) in [4.78, 5) is 17.3. The fourth-order valence-electron chi connectivity index (χ4n) is 3.81. The lowest BCUT2D eigenvalue weighted by Crippen LogP contribution is -2.27. The van der Waals surface area contributed by atoms with E-state index in [4.69, 9.17) is 19.2 Å². The highest BCUT2D eigenvalue weighted by atomic mass is 32.1. The smallest absolute Gasteiger partial charge is 0.412 e. The molecule has 0 aliphatic heterocycles. The number of nitrogens with zero attached hydrogens (tertiary/aromatic N) is 2. The van der Waals surface area contributed by atoms with Crippen molar-refractivity contribution >= 4 is 17.4 Å². The Kier molecular flexibility index (Phi) is 8.28. The van der Waals surface area contributed by atoms with Gasteiger partial charge in [-0.15, -0.1) is 11.3 Å². The number of rotatable bonds is 10. The molecule has 0 unspecified atom stereocenters.